The molecule has 1 spiro atoms. The Balaban J connectivity index is 1.53. The maximum absolute atomic E-state index is 13.7. The molecule has 0 unspecified atom stereocenters. The standard InChI is InChI=1S/C30H37N5O6S2/c1-5-6-13-27-31-30(16-9-10-17-30)29(36)35(27)19-22-14-15-23(25(18-22)33-42(4,37)38)24-11-7-8-12-26(24)43(39,40)34-28-20(2)21(3)32-41-28/h7-8,11-12,14-15,18,33-34H,5-6,9-10,13,16-17,19H2,1-4H3. The predicted molar refractivity (Wildman–Crippen MR) is 166 cm³/mol. The molecule has 0 bridgehead atoms. The lowest BCUT2D eigenvalue weighted by Crippen LogP contribution is -2.40. The highest BCUT2D eigenvalue weighted by Gasteiger charge is 2.49. The van der Waals surface area contributed by atoms with Gasteiger partial charge in [0.25, 0.3) is 15.9 Å². The Morgan fingerprint density at radius 3 is 2.37 bits per heavy atom. The van der Waals surface area contributed by atoms with E-state index < -0.39 is 25.6 Å². The van der Waals surface area contributed by atoms with Crippen LogP contribution in [-0.4, -0.2) is 50.4 Å². The predicted octanol–water partition coefficient (Wildman–Crippen LogP) is 5.37. The highest BCUT2D eigenvalue weighted by Crippen LogP contribution is 2.41. The number of hydrogen-bond acceptors (Lipinski definition) is 8. The molecule has 230 valence electrons. The van der Waals surface area contributed by atoms with Gasteiger partial charge in [-0.25, -0.2) is 21.6 Å². The Bertz CT molecular complexity index is 1790. The molecule has 1 amide bonds. The number of carbonyl (C=O) groups excluding carboxylic acids is 1. The van der Waals surface area contributed by atoms with Crippen LogP contribution in [0.25, 0.3) is 11.1 Å². The summed E-state index contributed by atoms with van der Waals surface area (Å²) < 4.78 is 62.2. The van der Waals surface area contributed by atoms with Crippen LogP contribution in [0.15, 0.2) is 56.9 Å². The number of amides is 1. The van der Waals surface area contributed by atoms with Crippen molar-refractivity contribution in [1.82, 2.24) is 10.1 Å². The van der Waals surface area contributed by atoms with Crippen molar-refractivity contribution < 1.29 is 26.2 Å². The smallest absolute Gasteiger partial charge is 0.264 e. The van der Waals surface area contributed by atoms with E-state index in [-0.39, 0.29) is 34.5 Å². The van der Waals surface area contributed by atoms with Crippen LogP contribution in [0.2, 0.25) is 0 Å². The van der Waals surface area contributed by atoms with Gasteiger partial charge in [-0.15, -0.1) is 0 Å². The zero-order valence-corrected chi connectivity index (χ0v) is 26.4. The van der Waals surface area contributed by atoms with Crippen LogP contribution >= 0.6 is 0 Å². The maximum atomic E-state index is 13.7. The van der Waals surface area contributed by atoms with Gasteiger partial charge in [0.2, 0.25) is 15.9 Å². The number of hydrogen-bond donors (Lipinski definition) is 2. The third kappa shape index (κ3) is 6.32. The minimum atomic E-state index is -4.16. The molecule has 1 saturated carbocycles. The molecule has 0 saturated heterocycles. The number of unbranched alkanes of at least 4 members (excludes halogenated alkanes) is 1. The lowest BCUT2D eigenvalue weighted by Gasteiger charge is -2.23. The monoisotopic (exact) mass is 627 g/mol. The summed E-state index contributed by atoms with van der Waals surface area (Å²) in [7, 11) is -7.90. The van der Waals surface area contributed by atoms with Gasteiger partial charge in [0.05, 0.1) is 29.1 Å². The highest BCUT2D eigenvalue weighted by molar-refractivity contribution is 7.93. The Morgan fingerprint density at radius 2 is 1.72 bits per heavy atom. The van der Waals surface area contributed by atoms with E-state index in [0.29, 0.717) is 28.8 Å². The molecule has 1 aliphatic carbocycles. The molecule has 2 aromatic carbocycles. The topological polar surface area (TPSA) is 151 Å². The number of benzene rings is 2. The van der Waals surface area contributed by atoms with Crippen molar-refractivity contribution >= 4 is 43.4 Å². The van der Waals surface area contributed by atoms with Crippen molar-refractivity contribution in [1.29, 1.82) is 0 Å². The van der Waals surface area contributed by atoms with E-state index in [1.807, 2.05) is 0 Å². The molecule has 5 rings (SSSR count). The Labute approximate surface area is 252 Å². The van der Waals surface area contributed by atoms with Crippen molar-refractivity contribution in [3.05, 3.63) is 59.3 Å². The number of anilines is 2. The molecule has 1 aromatic heterocycles. The number of aromatic nitrogens is 1. The average molecular weight is 628 g/mol. The van der Waals surface area contributed by atoms with Gasteiger partial charge in [-0.1, -0.05) is 61.7 Å². The molecule has 11 nitrogen and oxygen atoms in total. The summed E-state index contributed by atoms with van der Waals surface area (Å²) >= 11 is 0. The normalized spacial score (nSPS) is 16.6. The van der Waals surface area contributed by atoms with Crippen molar-refractivity contribution in [2.75, 3.05) is 15.7 Å². The first-order valence-electron chi connectivity index (χ1n) is 14.4. The Hall–Kier alpha value is -3.71. The molecule has 2 N–H and O–H groups in total. The zero-order valence-electron chi connectivity index (χ0n) is 24.8. The first-order chi connectivity index (χ1) is 20.3. The first kappa shape index (κ1) is 30.7. The Morgan fingerprint density at radius 1 is 1.00 bits per heavy atom. The summed E-state index contributed by atoms with van der Waals surface area (Å²) in [5.41, 5.74) is 1.96. The molecular formula is C30H37N5O6S2. The van der Waals surface area contributed by atoms with Crippen LogP contribution in [0.5, 0.6) is 0 Å². The van der Waals surface area contributed by atoms with Gasteiger partial charge in [-0.05, 0) is 50.8 Å². The van der Waals surface area contributed by atoms with Crippen LogP contribution < -0.4 is 9.44 Å². The van der Waals surface area contributed by atoms with Gasteiger partial charge in [-0.3, -0.25) is 19.4 Å². The van der Waals surface area contributed by atoms with E-state index in [2.05, 4.69) is 21.5 Å². The molecule has 1 fully saturated rings. The fourth-order valence-electron chi connectivity index (χ4n) is 5.70. The van der Waals surface area contributed by atoms with E-state index >= 15 is 0 Å². The van der Waals surface area contributed by atoms with Crippen molar-refractivity contribution in [2.45, 2.75) is 82.7 Å². The van der Waals surface area contributed by atoms with Crippen LogP contribution in [0.4, 0.5) is 11.6 Å². The van der Waals surface area contributed by atoms with Gasteiger partial charge in [-0.2, -0.15) is 0 Å². The fourth-order valence-corrected chi connectivity index (χ4v) is 7.54. The van der Waals surface area contributed by atoms with E-state index in [4.69, 9.17) is 9.52 Å². The van der Waals surface area contributed by atoms with Crippen molar-refractivity contribution in [3.63, 3.8) is 0 Å². The fraction of sp³-hybridized carbons (Fsp3) is 0.433. The average Bonchev–Trinajstić information content (AvgIpc) is 3.62. The third-order valence-corrected chi connectivity index (χ3v) is 10.0. The largest absolute Gasteiger partial charge is 0.337 e. The third-order valence-electron chi connectivity index (χ3n) is 8.05. The van der Waals surface area contributed by atoms with E-state index in [1.165, 1.54) is 6.07 Å². The van der Waals surface area contributed by atoms with Crippen LogP contribution in [-0.2, 0) is 31.4 Å². The SMILES string of the molecule is CCCCC1=NC2(CCCC2)C(=O)N1Cc1ccc(-c2ccccc2S(=O)(=O)Nc2onc(C)c2C)c(NS(C)(=O)=O)c1. The van der Waals surface area contributed by atoms with Gasteiger partial charge < -0.3 is 4.52 Å². The Kier molecular flexibility index (Phi) is 8.41. The minimum absolute atomic E-state index is 0.00161. The van der Waals surface area contributed by atoms with Gasteiger partial charge in [0, 0.05) is 23.1 Å². The first-order valence-corrected chi connectivity index (χ1v) is 17.8. The molecular weight excluding hydrogens is 590 g/mol. The van der Waals surface area contributed by atoms with Crippen LogP contribution in [0.3, 0.4) is 0 Å². The summed E-state index contributed by atoms with van der Waals surface area (Å²) in [6.45, 7) is 5.72. The lowest BCUT2D eigenvalue weighted by molar-refractivity contribution is -0.131. The summed E-state index contributed by atoms with van der Waals surface area (Å²) in [4.78, 5) is 20.3. The number of sulfonamides is 2. The molecule has 1 aliphatic heterocycles. The molecule has 2 aliphatic rings. The van der Waals surface area contributed by atoms with Gasteiger partial charge in [0.15, 0.2) is 0 Å². The number of rotatable bonds is 11. The second-order valence-corrected chi connectivity index (χ2v) is 14.7. The number of nitrogens with zero attached hydrogens (tertiary/aromatic N) is 3. The number of aryl methyl sites for hydroxylation is 1. The van der Waals surface area contributed by atoms with Crippen LogP contribution in [0.1, 0.15) is 68.7 Å². The van der Waals surface area contributed by atoms with E-state index in [0.717, 1.165) is 50.6 Å². The quantitative estimate of drug-likeness (QED) is 0.290. The molecule has 2 heterocycles. The van der Waals surface area contributed by atoms with E-state index in [1.54, 1.807) is 55.1 Å². The minimum Gasteiger partial charge on any atom is -0.337 e. The molecule has 0 radical (unpaired) electrons. The molecule has 13 heteroatoms. The summed E-state index contributed by atoms with van der Waals surface area (Å²) in [6.07, 6.45) is 7.02. The number of amidine groups is 1. The second-order valence-electron chi connectivity index (χ2n) is 11.3. The number of aliphatic imine (C=N–C) groups is 1. The van der Waals surface area contributed by atoms with Crippen molar-refractivity contribution in [3.8, 4) is 11.1 Å². The summed E-state index contributed by atoms with van der Waals surface area (Å²) in [5, 5.41) is 3.82. The molecule has 3 aromatic rings. The van der Waals surface area contributed by atoms with Gasteiger partial charge in [0.1, 0.15) is 11.4 Å². The highest BCUT2D eigenvalue weighted by atomic mass is 32.2. The molecule has 0 atom stereocenters. The second kappa shape index (κ2) is 11.8. The van der Waals surface area contributed by atoms with Crippen molar-refractivity contribution in [2.24, 2.45) is 4.99 Å². The summed E-state index contributed by atoms with van der Waals surface area (Å²) in [5.74, 6) is 0.780. The zero-order chi connectivity index (χ0) is 31.0. The lowest BCUT2D eigenvalue weighted by atomic mass is 9.97. The maximum Gasteiger partial charge on any atom is 0.264 e. The number of nitrogens with one attached hydrogen (secondary N) is 2. The molecule has 43 heavy (non-hydrogen) atoms. The van der Waals surface area contributed by atoms with E-state index in [9.17, 15) is 21.6 Å². The van der Waals surface area contributed by atoms with Gasteiger partial charge >= 0.3 is 0 Å². The number of carbonyl (C=O) groups is 1. The summed E-state index contributed by atoms with van der Waals surface area (Å²) in [6, 6.07) is 11.4. The van der Waals surface area contributed by atoms with Crippen LogP contribution in [0, 0.1) is 13.8 Å².